The van der Waals surface area contributed by atoms with Crippen LogP contribution in [0.3, 0.4) is 0 Å². The van der Waals surface area contributed by atoms with E-state index in [9.17, 15) is 0 Å². The summed E-state index contributed by atoms with van der Waals surface area (Å²) in [6.45, 7) is 4.87. The Hall–Kier alpha value is -2.86. The third kappa shape index (κ3) is 3.55. The van der Waals surface area contributed by atoms with Crippen LogP contribution in [0.1, 0.15) is 12.5 Å². The molecule has 1 atom stereocenters. The molecule has 0 fully saturated rings. The zero-order valence-electron chi connectivity index (χ0n) is 15.1. The van der Waals surface area contributed by atoms with Crippen LogP contribution in [0.5, 0.6) is 0 Å². The number of fused-ring (bicyclic) bond motifs is 1. The van der Waals surface area contributed by atoms with Crippen molar-refractivity contribution in [1.82, 2.24) is 24.6 Å². The van der Waals surface area contributed by atoms with Crippen molar-refractivity contribution in [3.8, 4) is 11.5 Å². The van der Waals surface area contributed by atoms with Crippen molar-refractivity contribution in [3.05, 3.63) is 60.8 Å². The highest BCUT2D eigenvalue weighted by Gasteiger charge is 2.15. The lowest BCUT2D eigenvalue weighted by atomic mass is 10.1. The minimum Gasteiger partial charge on any atom is -0.454 e. The second kappa shape index (κ2) is 7.17. The number of benzene rings is 1. The summed E-state index contributed by atoms with van der Waals surface area (Å²) >= 11 is 0. The maximum Gasteiger partial charge on any atom is 0.156 e. The van der Waals surface area contributed by atoms with E-state index in [1.54, 1.807) is 0 Å². The predicted octanol–water partition coefficient (Wildman–Crippen LogP) is 3.46. The van der Waals surface area contributed by atoms with Crippen molar-refractivity contribution < 1.29 is 4.42 Å². The van der Waals surface area contributed by atoms with E-state index in [1.165, 1.54) is 0 Å². The van der Waals surface area contributed by atoms with Gasteiger partial charge in [-0.05, 0) is 24.6 Å². The molecule has 3 aromatic heterocycles. The molecule has 4 aromatic rings. The van der Waals surface area contributed by atoms with E-state index in [4.69, 9.17) is 4.42 Å². The largest absolute Gasteiger partial charge is 0.454 e. The van der Waals surface area contributed by atoms with E-state index in [1.807, 2.05) is 48.6 Å². The molecular formula is C20H23N5O. The first-order chi connectivity index (χ1) is 12.7. The molecule has 1 aromatic carbocycles. The normalized spacial score (nSPS) is 12.7. The van der Waals surface area contributed by atoms with Crippen LogP contribution in [0.25, 0.3) is 22.4 Å². The van der Waals surface area contributed by atoms with Crippen molar-refractivity contribution in [2.75, 3.05) is 6.54 Å². The Bertz CT molecular complexity index is 950. The zero-order chi connectivity index (χ0) is 17.9. The first-order valence-electron chi connectivity index (χ1n) is 8.87. The maximum atomic E-state index is 5.99. The fourth-order valence-electron chi connectivity index (χ4n) is 3.25. The highest BCUT2D eigenvalue weighted by Crippen LogP contribution is 2.28. The number of furan rings is 1. The maximum absolute atomic E-state index is 5.99. The molecular weight excluding hydrogens is 326 g/mol. The summed E-state index contributed by atoms with van der Waals surface area (Å²) in [6, 6.07) is 10.1. The molecule has 4 rings (SSSR count). The van der Waals surface area contributed by atoms with Crippen LogP contribution >= 0.6 is 0 Å². The van der Waals surface area contributed by atoms with Crippen LogP contribution in [0, 0.1) is 5.92 Å². The average Bonchev–Trinajstić information content (AvgIpc) is 3.34. The van der Waals surface area contributed by atoms with Gasteiger partial charge in [-0.15, -0.1) is 0 Å². The van der Waals surface area contributed by atoms with Gasteiger partial charge in [0.2, 0.25) is 0 Å². The summed E-state index contributed by atoms with van der Waals surface area (Å²) in [6.07, 6.45) is 7.72. The summed E-state index contributed by atoms with van der Waals surface area (Å²) in [5, 5.41) is 9.25. The molecule has 3 heterocycles. The van der Waals surface area contributed by atoms with Gasteiger partial charge in [0.1, 0.15) is 11.3 Å². The van der Waals surface area contributed by atoms with Crippen LogP contribution in [0.4, 0.5) is 0 Å². The number of aryl methyl sites for hydroxylation is 1. The van der Waals surface area contributed by atoms with Gasteiger partial charge >= 0.3 is 0 Å². The predicted molar refractivity (Wildman–Crippen MR) is 102 cm³/mol. The molecule has 0 saturated carbocycles. The number of hydrogen-bond acceptors (Lipinski definition) is 4. The SMILES string of the molecule is CC(CNCc1cn(C)nc1-c1cc2ccccc2o1)Cn1ccnc1. The molecule has 0 saturated heterocycles. The van der Waals surface area contributed by atoms with Crippen LogP contribution in [-0.2, 0) is 20.1 Å². The Kier molecular flexibility index (Phi) is 4.58. The number of hydrogen-bond donors (Lipinski definition) is 1. The van der Waals surface area contributed by atoms with Gasteiger partial charge in [0.15, 0.2) is 5.76 Å². The Labute approximate surface area is 152 Å². The summed E-state index contributed by atoms with van der Waals surface area (Å²) in [4.78, 5) is 4.09. The highest BCUT2D eigenvalue weighted by atomic mass is 16.3. The number of imidazole rings is 1. The van der Waals surface area contributed by atoms with Crippen LogP contribution in [-0.4, -0.2) is 25.9 Å². The average molecular weight is 349 g/mol. The Morgan fingerprint density at radius 2 is 2.15 bits per heavy atom. The van der Waals surface area contributed by atoms with Gasteiger partial charge in [0.25, 0.3) is 0 Å². The molecule has 0 amide bonds. The Balaban J connectivity index is 1.44. The second-order valence-corrected chi connectivity index (χ2v) is 6.82. The van der Waals surface area contributed by atoms with Gasteiger partial charge in [-0.25, -0.2) is 4.98 Å². The molecule has 0 spiro atoms. The number of rotatable bonds is 7. The minimum atomic E-state index is 0.510. The van der Waals surface area contributed by atoms with E-state index in [2.05, 4.69) is 45.2 Å². The van der Waals surface area contributed by atoms with E-state index in [0.29, 0.717) is 5.92 Å². The van der Waals surface area contributed by atoms with Crippen molar-refractivity contribution in [2.24, 2.45) is 13.0 Å². The molecule has 6 nitrogen and oxygen atoms in total. The fourth-order valence-corrected chi connectivity index (χ4v) is 3.25. The topological polar surface area (TPSA) is 60.8 Å². The lowest BCUT2D eigenvalue weighted by molar-refractivity contribution is 0.445. The van der Waals surface area contributed by atoms with Crippen molar-refractivity contribution in [3.63, 3.8) is 0 Å². The van der Waals surface area contributed by atoms with Gasteiger partial charge < -0.3 is 14.3 Å². The van der Waals surface area contributed by atoms with Gasteiger partial charge in [0, 0.05) is 49.7 Å². The van der Waals surface area contributed by atoms with E-state index < -0.39 is 0 Å². The third-order valence-corrected chi connectivity index (χ3v) is 4.45. The molecule has 1 unspecified atom stereocenters. The molecule has 0 aliphatic heterocycles. The highest BCUT2D eigenvalue weighted by molar-refractivity contribution is 5.82. The van der Waals surface area contributed by atoms with Crippen LogP contribution in [0.15, 0.2) is 59.7 Å². The summed E-state index contributed by atoms with van der Waals surface area (Å²) in [7, 11) is 1.94. The van der Waals surface area contributed by atoms with Crippen LogP contribution < -0.4 is 5.32 Å². The Morgan fingerprint density at radius 3 is 2.96 bits per heavy atom. The fraction of sp³-hybridized carbons (Fsp3) is 0.300. The summed E-state index contributed by atoms with van der Waals surface area (Å²) in [5.41, 5.74) is 2.93. The molecule has 0 aliphatic carbocycles. The molecule has 1 N–H and O–H groups in total. The third-order valence-electron chi connectivity index (χ3n) is 4.45. The van der Waals surface area contributed by atoms with E-state index in [-0.39, 0.29) is 0 Å². The standard InChI is InChI=1S/C20H23N5O/c1-15(12-25-8-7-21-14-25)10-22-11-17-13-24(2)23-20(17)19-9-16-5-3-4-6-18(16)26-19/h3-9,13-15,22H,10-12H2,1-2H3. The van der Waals surface area contributed by atoms with Gasteiger partial charge in [-0.2, -0.15) is 5.10 Å². The molecule has 0 radical (unpaired) electrons. The van der Waals surface area contributed by atoms with Crippen molar-refractivity contribution in [1.29, 1.82) is 0 Å². The number of para-hydroxylation sites is 1. The lowest BCUT2D eigenvalue weighted by Crippen LogP contribution is -2.23. The molecule has 0 bridgehead atoms. The molecule has 134 valence electrons. The monoisotopic (exact) mass is 349 g/mol. The van der Waals surface area contributed by atoms with Crippen molar-refractivity contribution >= 4 is 11.0 Å². The molecule has 0 aliphatic rings. The number of nitrogens with zero attached hydrogens (tertiary/aromatic N) is 4. The van der Waals surface area contributed by atoms with E-state index in [0.717, 1.165) is 47.6 Å². The first kappa shape index (κ1) is 16.6. The smallest absolute Gasteiger partial charge is 0.156 e. The molecule has 6 heteroatoms. The summed E-state index contributed by atoms with van der Waals surface area (Å²) in [5.74, 6) is 1.32. The van der Waals surface area contributed by atoms with Crippen molar-refractivity contribution in [2.45, 2.75) is 20.0 Å². The zero-order valence-corrected chi connectivity index (χ0v) is 15.1. The number of nitrogens with one attached hydrogen (secondary N) is 1. The van der Waals surface area contributed by atoms with Gasteiger partial charge in [0.05, 0.1) is 6.33 Å². The van der Waals surface area contributed by atoms with Gasteiger partial charge in [-0.1, -0.05) is 25.1 Å². The van der Waals surface area contributed by atoms with Gasteiger partial charge in [-0.3, -0.25) is 4.68 Å². The quantitative estimate of drug-likeness (QED) is 0.555. The lowest BCUT2D eigenvalue weighted by Gasteiger charge is -2.13. The summed E-state index contributed by atoms with van der Waals surface area (Å²) < 4.78 is 9.94. The van der Waals surface area contributed by atoms with Crippen LogP contribution in [0.2, 0.25) is 0 Å². The first-order valence-corrected chi connectivity index (χ1v) is 8.87. The minimum absolute atomic E-state index is 0.510. The number of aromatic nitrogens is 4. The molecule has 26 heavy (non-hydrogen) atoms. The second-order valence-electron chi connectivity index (χ2n) is 6.82. The van der Waals surface area contributed by atoms with E-state index >= 15 is 0 Å². The Morgan fingerprint density at radius 1 is 1.27 bits per heavy atom.